The van der Waals surface area contributed by atoms with Gasteiger partial charge < -0.3 is 15.0 Å². The number of aryl methyl sites for hydroxylation is 1. The molecule has 0 radical (unpaired) electrons. The first-order valence-electron chi connectivity index (χ1n) is 6.22. The molecule has 22 heavy (non-hydrogen) atoms. The van der Waals surface area contributed by atoms with Crippen molar-refractivity contribution >= 4 is 17.6 Å². The van der Waals surface area contributed by atoms with Crippen LogP contribution < -0.4 is 16.6 Å². The zero-order valence-corrected chi connectivity index (χ0v) is 11.9. The van der Waals surface area contributed by atoms with Gasteiger partial charge in [-0.25, -0.2) is 9.59 Å². The van der Waals surface area contributed by atoms with E-state index in [9.17, 15) is 19.2 Å². The van der Waals surface area contributed by atoms with E-state index >= 15 is 0 Å². The molecule has 0 unspecified atom stereocenters. The van der Waals surface area contributed by atoms with E-state index in [0.29, 0.717) is 5.69 Å². The van der Waals surface area contributed by atoms with Gasteiger partial charge in [-0.3, -0.25) is 14.2 Å². The quantitative estimate of drug-likeness (QED) is 0.831. The highest BCUT2D eigenvalue weighted by Gasteiger charge is 2.15. The largest absolute Gasteiger partial charge is 0.478 e. The molecule has 0 aliphatic rings. The lowest BCUT2D eigenvalue weighted by atomic mass is 10.2. The smallest absolute Gasteiger partial charge is 0.335 e. The van der Waals surface area contributed by atoms with Crippen LogP contribution in [0.1, 0.15) is 20.7 Å². The third-order valence-corrected chi connectivity index (χ3v) is 3.08. The number of aromatic carboxylic acids is 1. The number of anilines is 1. The third-order valence-electron chi connectivity index (χ3n) is 3.08. The minimum absolute atomic E-state index is 0.0796. The van der Waals surface area contributed by atoms with E-state index in [1.165, 1.54) is 38.4 Å². The maximum atomic E-state index is 12.1. The Morgan fingerprint density at radius 1 is 1.09 bits per heavy atom. The van der Waals surface area contributed by atoms with Crippen LogP contribution in [0.25, 0.3) is 0 Å². The van der Waals surface area contributed by atoms with Crippen molar-refractivity contribution in [1.82, 2.24) is 9.13 Å². The van der Waals surface area contributed by atoms with Gasteiger partial charge in [0.15, 0.2) is 0 Å². The lowest BCUT2D eigenvalue weighted by Gasteiger charge is -2.08. The molecule has 2 N–H and O–H groups in total. The molecule has 0 aliphatic heterocycles. The van der Waals surface area contributed by atoms with Crippen molar-refractivity contribution in [3.8, 4) is 0 Å². The molecule has 8 heteroatoms. The van der Waals surface area contributed by atoms with E-state index in [1.807, 2.05) is 0 Å². The van der Waals surface area contributed by atoms with Crippen molar-refractivity contribution in [2.75, 3.05) is 5.32 Å². The first-order chi connectivity index (χ1) is 10.3. The van der Waals surface area contributed by atoms with Gasteiger partial charge >= 0.3 is 11.7 Å². The van der Waals surface area contributed by atoms with Gasteiger partial charge in [0, 0.05) is 26.0 Å². The Labute approximate surface area is 124 Å². The van der Waals surface area contributed by atoms with Crippen LogP contribution in [0.15, 0.2) is 40.1 Å². The monoisotopic (exact) mass is 303 g/mol. The van der Waals surface area contributed by atoms with Gasteiger partial charge in [-0.15, -0.1) is 0 Å². The Kier molecular flexibility index (Phi) is 3.93. The van der Waals surface area contributed by atoms with Crippen LogP contribution in [0, 0.1) is 0 Å². The topological polar surface area (TPSA) is 110 Å². The summed E-state index contributed by atoms with van der Waals surface area (Å²) in [6.07, 6.45) is 1.16. The fourth-order valence-electron chi connectivity index (χ4n) is 1.86. The van der Waals surface area contributed by atoms with E-state index in [2.05, 4.69) is 5.32 Å². The summed E-state index contributed by atoms with van der Waals surface area (Å²) in [5, 5.41) is 11.3. The molecule has 0 saturated heterocycles. The Morgan fingerprint density at radius 3 is 2.23 bits per heavy atom. The Balaban J connectivity index is 2.32. The predicted molar refractivity (Wildman–Crippen MR) is 78.3 cm³/mol. The number of nitrogens with one attached hydrogen (secondary N) is 1. The molecule has 0 spiro atoms. The normalized spacial score (nSPS) is 10.3. The third kappa shape index (κ3) is 2.80. The van der Waals surface area contributed by atoms with Gasteiger partial charge in [-0.05, 0) is 24.3 Å². The van der Waals surface area contributed by atoms with Crippen LogP contribution >= 0.6 is 0 Å². The van der Waals surface area contributed by atoms with Crippen molar-refractivity contribution in [1.29, 1.82) is 0 Å². The number of carboxylic acid groups (broad SMARTS) is 1. The number of carboxylic acids is 1. The summed E-state index contributed by atoms with van der Waals surface area (Å²) >= 11 is 0. The number of benzene rings is 1. The van der Waals surface area contributed by atoms with E-state index in [1.54, 1.807) is 0 Å². The average Bonchev–Trinajstić information content (AvgIpc) is 2.49. The lowest BCUT2D eigenvalue weighted by molar-refractivity contribution is 0.0696. The van der Waals surface area contributed by atoms with Crippen molar-refractivity contribution in [2.45, 2.75) is 0 Å². The van der Waals surface area contributed by atoms with E-state index in [4.69, 9.17) is 5.11 Å². The van der Waals surface area contributed by atoms with Gasteiger partial charge in [-0.1, -0.05) is 0 Å². The highest BCUT2D eigenvalue weighted by Crippen LogP contribution is 2.10. The minimum Gasteiger partial charge on any atom is -0.478 e. The molecular formula is C14H13N3O5. The maximum Gasteiger partial charge on any atom is 0.335 e. The van der Waals surface area contributed by atoms with Crippen LogP contribution in [0.4, 0.5) is 5.69 Å². The summed E-state index contributed by atoms with van der Waals surface area (Å²) in [7, 11) is 2.71. The molecule has 1 aromatic heterocycles. The second kappa shape index (κ2) is 5.68. The number of aromatic nitrogens is 2. The van der Waals surface area contributed by atoms with Crippen molar-refractivity contribution in [2.24, 2.45) is 14.1 Å². The predicted octanol–water partition coefficient (Wildman–Crippen LogP) is 0.0345. The summed E-state index contributed by atoms with van der Waals surface area (Å²) < 4.78 is 1.96. The fraction of sp³-hybridized carbons (Fsp3) is 0.143. The number of rotatable bonds is 3. The number of carbonyl (C=O) groups is 2. The SMILES string of the molecule is Cn1cc(C(=O)Nc2ccc(C(=O)O)cc2)c(=O)n(C)c1=O. The summed E-state index contributed by atoms with van der Waals surface area (Å²) in [5.41, 5.74) is -1.01. The van der Waals surface area contributed by atoms with Gasteiger partial charge in [0.1, 0.15) is 5.56 Å². The summed E-state index contributed by atoms with van der Waals surface area (Å²) in [6.45, 7) is 0. The van der Waals surface area contributed by atoms with E-state index in [-0.39, 0.29) is 11.1 Å². The Bertz CT molecular complexity index is 862. The molecule has 1 amide bonds. The summed E-state index contributed by atoms with van der Waals surface area (Å²) in [4.78, 5) is 46.3. The zero-order chi connectivity index (χ0) is 16.4. The van der Waals surface area contributed by atoms with Gasteiger partial charge in [0.05, 0.1) is 5.56 Å². The first kappa shape index (κ1) is 15.2. The van der Waals surface area contributed by atoms with Crippen LogP contribution in [0.3, 0.4) is 0 Å². The molecule has 1 aromatic carbocycles. The minimum atomic E-state index is -1.08. The number of hydrogen-bond donors (Lipinski definition) is 2. The summed E-state index contributed by atoms with van der Waals surface area (Å²) in [5.74, 6) is -1.76. The molecule has 0 atom stereocenters. The fourth-order valence-corrected chi connectivity index (χ4v) is 1.86. The molecule has 114 valence electrons. The highest BCUT2D eigenvalue weighted by atomic mass is 16.4. The molecule has 2 rings (SSSR count). The highest BCUT2D eigenvalue weighted by molar-refractivity contribution is 6.04. The number of amides is 1. The molecule has 1 heterocycles. The average molecular weight is 303 g/mol. The van der Waals surface area contributed by atoms with Gasteiger partial charge in [0.25, 0.3) is 11.5 Å². The van der Waals surface area contributed by atoms with E-state index < -0.39 is 23.1 Å². The zero-order valence-electron chi connectivity index (χ0n) is 11.9. The molecule has 0 fully saturated rings. The molecule has 0 saturated carbocycles. The van der Waals surface area contributed by atoms with Crippen molar-refractivity contribution < 1.29 is 14.7 Å². The lowest BCUT2D eigenvalue weighted by Crippen LogP contribution is -2.40. The second-order valence-electron chi connectivity index (χ2n) is 4.64. The molecule has 8 nitrogen and oxygen atoms in total. The standard InChI is InChI=1S/C14H13N3O5/c1-16-7-10(12(19)17(2)14(16)22)11(18)15-9-5-3-8(4-6-9)13(20)21/h3-7H,1-2H3,(H,15,18)(H,20,21). The van der Waals surface area contributed by atoms with Crippen molar-refractivity contribution in [3.63, 3.8) is 0 Å². The Morgan fingerprint density at radius 2 is 1.68 bits per heavy atom. The number of carbonyl (C=O) groups excluding carboxylic acids is 1. The molecule has 0 aliphatic carbocycles. The van der Waals surface area contributed by atoms with Crippen molar-refractivity contribution in [3.05, 3.63) is 62.4 Å². The maximum absolute atomic E-state index is 12.1. The van der Waals surface area contributed by atoms with Crippen LogP contribution in [-0.2, 0) is 14.1 Å². The summed E-state index contributed by atoms with van der Waals surface area (Å²) in [6, 6.07) is 5.48. The molecule has 0 bridgehead atoms. The van der Waals surface area contributed by atoms with Crippen LogP contribution in [0.2, 0.25) is 0 Å². The second-order valence-corrected chi connectivity index (χ2v) is 4.64. The Hall–Kier alpha value is -3.16. The molecular weight excluding hydrogens is 290 g/mol. The first-order valence-corrected chi connectivity index (χ1v) is 6.22. The number of hydrogen-bond acceptors (Lipinski definition) is 4. The number of nitrogens with zero attached hydrogens (tertiary/aromatic N) is 2. The van der Waals surface area contributed by atoms with Gasteiger partial charge in [-0.2, -0.15) is 0 Å². The van der Waals surface area contributed by atoms with Crippen LogP contribution in [0.5, 0.6) is 0 Å². The van der Waals surface area contributed by atoms with Gasteiger partial charge in [0.2, 0.25) is 0 Å². The van der Waals surface area contributed by atoms with E-state index in [0.717, 1.165) is 15.3 Å². The molecule has 2 aromatic rings. The van der Waals surface area contributed by atoms with Crippen LogP contribution in [-0.4, -0.2) is 26.1 Å².